The van der Waals surface area contributed by atoms with Gasteiger partial charge in [0.15, 0.2) is 0 Å². The van der Waals surface area contributed by atoms with E-state index < -0.39 is 0 Å². The summed E-state index contributed by atoms with van der Waals surface area (Å²) in [7, 11) is 0. The van der Waals surface area contributed by atoms with Gasteiger partial charge in [-0.3, -0.25) is 4.79 Å². The van der Waals surface area contributed by atoms with E-state index in [1.165, 1.54) is 48.3 Å². The number of nitrogens with two attached hydrogens (primary N) is 1. The second-order valence-electron chi connectivity index (χ2n) is 7.45. The molecular weight excluding hydrogens is 318 g/mol. The number of nitrogens with one attached hydrogen (secondary N) is 1. The molecule has 0 aliphatic heterocycles. The van der Waals surface area contributed by atoms with Crippen molar-refractivity contribution in [3.8, 4) is 0 Å². The number of pyridine rings is 1. The van der Waals surface area contributed by atoms with Crippen LogP contribution in [-0.2, 0) is 12.8 Å². The zero-order valence-electron chi connectivity index (χ0n) is 14.2. The van der Waals surface area contributed by atoms with Crippen LogP contribution in [0.3, 0.4) is 0 Å². The Balaban J connectivity index is 1.64. The van der Waals surface area contributed by atoms with Crippen molar-refractivity contribution < 1.29 is 4.79 Å². The molecule has 24 heavy (non-hydrogen) atoms. The standard InChI is InChI=1S/C19H25N3OS/c1-11-7-8-15-12(9-11)10-14-16(20)17(24-19(14)22-15)18(23)21-13-5-3-2-4-6-13/h10-11,13H,2-9,20H2,1H3,(H,21,23). The molecule has 0 saturated heterocycles. The van der Waals surface area contributed by atoms with Gasteiger partial charge in [0.05, 0.1) is 5.69 Å². The zero-order chi connectivity index (χ0) is 16.7. The predicted octanol–water partition coefficient (Wildman–Crippen LogP) is 4.07. The van der Waals surface area contributed by atoms with Crippen molar-refractivity contribution in [2.24, 2.45) is 5.92 Å². The molecule has 5 heteroatoms. The fraction of sp³-hybridized carbons (Fsp3) is 0.579. The molecule has 1 amide bonds. The summed E-state index contributed by atoms with van der Waals surface area (Å²) in [4.78, 5) is 19.0. The number of hydrogen-bond acceptors (Lipinski definition) is 4. The van der Waals surface area contributed by atoms with Crippen LogP contribution in [0.4, 0.5) is 5.69 Å². The maximum atomic E-state index is 12.7. The molecular formula is C19H25N3OS. The second kappa shape index (κ2) is 6.36. The number of nitrogen functional groups attached to an aromatic ring is 1. The Labute approximate surface area is 146 Å². The molecule has 2 aromatic heterocycles. The van der Waals surface area contributed by atoms with Gasteiger partial charge in [0.25, 0.3) is 5.91 Å². The van der Waals surface area contributed by atoms with Crippen LogP contribution in [0, 0.1) is 5.92 Å². The number of rotatable bonds is 2. The molecule has 2 aliphatic rings. The summed E-state index contributed by atoms with van der Waals surface area (Å²) in [6.45, 7) is 2.28. The lowest BCUT2D eigenvalue weighted by molar-refractivity contribution is 0.0932. The van der Waals surface area contributed by atoms with Gasteiger partial charge >= 0.3 is 0 Å². The van der Waals surface area contributed by atoms with Crippen molar-refractivity contribution in [1.82, 2.24) is 10.3 Å². The number of nitrogens with zero attached hydrogens (tertiary/aromatic N) is 1. The van der Waals surface area contributed by atoms with Gasteiger partial charge in [-0.2, -0.15) is 0 Å². The third kappa shape index (κ3) is 2.90. The van der Waals surface area contributed by atoms with Crippen molar-refractivity contribution in [3.05, 3.63) is 22.2 Å². The lowest BCUT2D eigenvalue weighted by atomic mass is 9.87. The number of aromatic nitrogens is 1. The minimum atomic E-state index is -0.0197. The van der Waals surface area contributed by atoms with Gasteiger partial charge < -0.3 is 11.1 Å². The van der Waals surface area contributed by atoms with Crippen molar-refractivity contribution >= 4 is 33.1 Å². The number of amides is 1. The summed E-state index contributed by atoms with van der Waals surface area (Å²) in [5.74, 6) is 0.680. The van der Waals surface area contributed by atoms with Crippen LogP contribution in [0.15, 0.2) is 6.07 Å². The third-order valence-corrected chi connectivity index (χ3v) is 6.59. The average molecular weight is 343 g/mol. The Morgan fingerprint density at radius 2 is 2.08 bits per heavy atom. The summed E-state index contributed by atoms with van der Waals surface area (Å²) in [5.41, 5.74) is 9.44. The maximum Gasteiger partial charge on any atom is 0.263 e. The van der Waals surface area contributed by atoms with Crippen molar-refractivity contribution in [1.29, 1.82) is 0 Å². The molecule has 4 rings (SSSR count). The molecule has 0 radical (unpaired) electrons. The van der Waals surface area contributed by atoms with Gasteiger partial charge in [-0.1, -0.05) is 26.2 Å². The van der Waals surface area contributed by atoms with E-state index >= 15 is 0 Å². The highest BCUT2D eigenvalue weighted by atomic mass is 32.1. The van der Waals surface area contributed by atoms with Crippen LogP contribution in [0.25, 0.3) is 10.2 Å². The van der Waals surface area contributed by atoms with E-state index in [0.717, 1.165) is 35.9 Å². The Hall–Kier alpha value is -1.62. The van der Waals surface area contributed by atoms with Crippen LogP contribution >= 0.6 is 11.3 Å². The van der Waals surface area contributed by atoms with Gasteiger partial charge in [-0.05, 0) is 49.7 Å². The Morgan fingerprint density at radius 3 is 2.88 bits per heavy atom. The number of hydrogen-bond donors (Lipinski definition) is 2. The highest BCUT2D eigenvalue weighted by Crippen LogP contribution is 2.36. The van der Waals surface area contributed by atoms with Gasteiger partial charge in [0, 0.05) is 17.1 Å². The van der Waals surface area contributed by atoms with Crippen LogP contribution in [0.2, 0.25) is 0 Å². The summed E-state index contributed by atoms with van der Waals surface area (Å²) >= 11 is 1.45. The number of carbonyl (C=O) groups excluding carboxylic acids is 1. The Bertz CT molecular complexity index is 777. The first-order valence-corrected chi connectivity index (χ1v) is 9.95. The van der Waals surface area contributed by atoms with Gasteiger partial charge in [-0.25, -0.2) is 4.98 Å². The molecule has 1 unspecified atom stereocenters. The first-order chi connectivity index (χ1) is 11.6. The molecule has 4 nitrogen and oxygen atoms in total. The highest BCUT2D eigenvalue weighted by Gasteiger charge is 2.24. The predicted molar refractivity (Wildman–Crippen MR) is 99.6 cm³/mol. The number of anilines is 1. The minimum absolute atomic E-state index is 0.0197. The quantitative estimate of drug-likeness (QED) is 0.864. The van der Waals surface area contributed by atoms with E-state index in [0.29, 0.717) is 22.5 Å². The molecule has 3 N–H and O–H groups in total. The first kappa shape index (κ1) is 15.9. The lowest BCUT2D eigenvalue weighted by Gasteiger charge is -2.22. The topological polar surface area (TPSA) is 68.0 Å². The van der Waals surface area contributed by atoms with Gasteiger partial charge in [-0.15, -0.1) is 11.3 Å². The van der Waals surface area contributed by atoms with Crippen molar-refractivity contribution in [2.45, 2.75) is 64.3 Å². The molecule has 1 fully saturated rings. The summed E-state index contributed by atoms with van der Waals surface area (Å²) in [6, 6.07) is 2.48. The Morgan fingerprint density at radius 1 is 1.29 bits per heavy atom. The molecule has 0 aromatic carbocycles. The summed E-state index contributed by atoms with van der Waals surface area (Å²) in [5, 5.41) is 4.14. The number of thiophene rings is 1. The fourth-order valence-electron chi connectivity index (χ4n) is 4.04. The molecule has 2 aliphatic carbocycles. The summed E-state index contributed by atoms with van der Waals surface area (Å²) in [6.07, 6.45) is 9.16. The molecule has 0 bridgehead atoms. The fourth-order valence-corrected chi connectivity index (χ4v) is 5.04. The third-order valence-electron chi connectivity index (χ3n) is 5.48. The SMILES string of the molecule is CC1CCc2nc3sc(C(=O)NC4CCCCC4)c(N)c3cc2C1. The van der Waals surface area contributed by atoms with Gasteiger partial charge in [0.2, 0.25) is 0 Å². The molecule has 2 aromatic rings. The van der Waals surface area contributed by atoms with E-state index in [1.807, 2.05) is 0 Å². The Kier molecular flexibility index (Phi) is 4.21. The highest BCUT2D eigenvalue weighted by molar-refractivity contribution is 7.21. The van der Waals surface area contributed by atoms with Crippen LogP contribution in [0.5, 0.6) is 0 Å². The van der Waals surface area contributed by atoms with Gasteiger partial charge in [0.1, 0.15) is 9.71 Å². The summed E-state index contributed by atoms with van der Waals surface area (Å²) < 4.78 is 0. The minimum Gasteiger partial charge on any atom is -0.397 e. The van der Waals surface area contributed by atoms with E-state index in [2.05, 4.69) is 18.3 Å². The smallest absolute Gasteiger partial charge is 0.263 e. The molecule has 2 heterocycles. The molecule has 128 valence electrons. The second-order valence-corrected chi connectivity index (χ2v) is 8.45. The molecule has 1 atom stereocenters. The lowest BCUT2D eigenvalue weighted by Crippen LogP contribution is -2.36. The van der Waals surface area contributed by atoms with Crippen LogP contribution < -0.4 is 11.1 Å². The van der Waals surface area contributed by atoms with E-state index in [9.17, 15) is 4.79 Å². The number of fused-ring (bicyclic) bond motifs is 2. The van der Waals surface area contributed by atoms with E-state index in [1.54, 1.807) is 0 Å². The van der Waals surface area contributed by atoms with Crippen LogP contribution in [0.1, 0.15) is 66.4 Å². The zero-order valence-corrected chi connectivity index (χ0v) is 15.0. The van der Waals surface area contributed by atoms with E-state index in [4.69, 9.17) is 10.7 Å². The monoisotopic (exact) mass is 343 g/mol. The first-order valence-electron chi connectivity index (χ1n) is 9.13. The average Bonchev–Trinajstić information content (AvgIpc) is 2.90. The van der Waals surface area contributed by atoms with Crippen molar-refractivity contribution in [3.63, 3.8) is 0 Å². The van der Waals surface area contributed by atoms with Crippen LogP contribution in [-0.4, -0.2) is 16.9 Å². The normalized spacial score (nSPS) is 21.6. The van der Waals surface area contributed by atoms with E-state index in [-0.39, 0.29) is 5.91 Å². The number of carbonyl (C=O) groups is 1. The van der Waals surface area contributed by atoms with Crippen molar-refractivity contribution in [2.75, 3.05) is 5.73 Å². The maximum absolute atomic E-state index is 12.7. The molecule has 0 spiro atoms. The molecule has 1 saturated carbocycles. The number of aryl methyl sites for hydroxylation is 1. The largest absolute Gasteiger partial charge is 0.397 e.